The lowest BCUT2D eigenvalue weighted by molar-refractivity contribution is -0.125. The Bertz CT molecular complexity index is 1030. The molecule has 0 radical (unpaired) electrons. The van der Waals surface area contributed by atoms with Gasteiger partial charge in [0.05, 0.1) is 17.1 Å². The lowest BCUT2D eigenvalue weighted by Crippen LogP contribution is -2.58. The van der Waals surface area contributed by atoms with E-state index in [2.05, 4.69) is 25.5 Å². The Hall–Kier alpha value is -3.20. The van der Waals surface area contributed by atoms with Crippen molar-refractivity contribution >= 4 is 35.0 Å². The monoisotopic (exact) mass is 394 g/mol. The van der Waals surface area contributed by atoms with Crippen molar-refractivity contribution in [3.63, 3.8) is 0 Å². The lowest BCUT2D eigenvalue weighted by atomic mass is 9.96. The topological polar surface area (TPSA) is 104 Å². The molecular weight excluding hydrogens is 376 g/mol. The first-order valence-corrected chi connectivity index (χ1v) is 9.64. The van der Waals surface area contributed by atoms with Crippen LogP contribution in [0.15, 0.2) is 53.9 Å². The van der Waals surface area contributed by atoms with Gasteiger partial charge in [-0.15, -0.1) is 5.10 Å². The molecule has 0 saturated carbocycles. The normalized spacial score (nSPS) is 15.1. The van der Waals surface area contributed by atoms with Crippen LogP contribution in [0, 0.1) is 0 Å². The molecule has 8 nitrogen and oxygen atoms in total. The molecule has 0 unspecified atom stereocenters. The fourth-order valence-electron chi connectivity index (χ4n) is 3.04. The number of fused-ring (bicyclic) bond motifs is 1. The molecule has 4 rings (SSSR count). The number of aromatic amines is 1. The summed E-state index contributed by atoms with van der Waals surface area (Å²) in [4.78, 5) is 35.4. The summed E-state index contributed by atoms with van der Waals surface area (Å²) in [5, 5.41) is 10.3. The second-order valence-electron chi connectivity index (χ2n) is 6.75. The molecule has 1 aliphatic rings. The van der Waals surface area contributed by atoms with E-state index in [1.54, 1.807) is 37.2 Å². The van der Waals surface area contributed by atoms with Gasteiger partial charge in [0.25, 0.3) is 0 Å². The summed E-state index contributed by atoms with van der Waals surface area (Å²) < 4.78 is 0. The molecule has 1 aromatic carbocycles. The molecule has 0 saturated heterocycles. The number of carbonyl (C=O) groups is 2. The van der Waals surface area contributed by atoms with Gasteiger partial charge in [0.2, 0.25) is 17.0 Å². The number of hydrogen-bond donors (Lipinski definition) is 2. The van der Waals surface area contributed by atoms with Crippen LogP contribution in [-0.4, -0.2) is 43.3 Å². The molecule has 142 valence electrons. The lowest BCUT2D eigenvalue weighted by Gasteiger charge is -2.42. The fourth-order valence-corrected chi connectivity index (χ4v) is 3.69. The number of nitrogens with zero attached hydrogens (tertiary/aromatic N) is 4. The Balaban J connectivity index is 1.52. The summed E-state index contributed by atoms with van der Waals surface area (Å²) in [6, 6.07) is 10.9. The molecule has 0 aliphatic carbocycles. The maximum Gasteiger partial charge on any atom is 0.250 e. The van der Waals surface area contributed by atoms with E-state index in [1.807, 2.05) is 30.3 Å². The van der Waals surface area contributed by atoms with Crippen molar-refractivity contribution in [2.24, 2.45) is 0 Å². The quantitative estimate of drug-likeness (QED) is 0.660. The first-order chi connectivity index (χ1) is 13.5. The fraction of sp³-hybridized carbons (Fsp3) is 0.211. The van der Waals surface area contributed by atoms with Gasteiger partial charge < -0.3 is 5.32 Å². The summed E-state index contributed by atoms with van der Waals surface area (Å²) in [6.45, 7) is 3.46. The van der Waals surface area contributed by atoms with Crippen molar-refractivity contribution in [3.8, 4) is 11.4 Å². The Labute approximate surface area is 165 Å². The molecule has 9 heteroatoms. The smallest absolute Gasteiger partial charge is 0.250 e. The van der Waals surface area contributed by atoms with Crippen LogP contribution in [0.25, 0.3) is 11.4 Å². The van der Waals surface area contributed by atoms with Gasteiger partial charge in [0.1, 0.15) is 5.54 Å². The Morgan fingerprint density at radius 1 is 1.18 bits per heavy atom. The van der Waals surface area contributed by atoms with Crippen LogP contribution in [0.3, 0.4) is 0 Å². The molecule has 0 atom stereocenters. The molecule has 2 N–H and O–H groups in total. The number of thioether (sulfide) groups is 1. The summed E-state index contributed by atoms with van der Waals surface area (Å²) in [6.07, 6.45) is 3.35. The van der Waals surface area contributed by atoms with Crippen molar-refractivity contribution in [2.75, 3.05) is 16.0 Å². The number of rotatable bonds is 4. The first kappa shape index (κ1) is 18.2. The third kappa shape index (κ3) is 3.24. The number of nitrogens with one attached hydrogen (secondary N) is 2. The second-order valence-corrected chi connectivity index (χ2v) is 7.69. The number of pyridine rings is 1. The van der Waals surface area contributed by atoms with Crippen molar-refractivity contribution in [2.45, 2.75) is 24.5 Å². The summed E-state index contributed by atoms with van der Waals surface area (Å²) in [5.41, 5.74) is 1.18. The van der Waals surface area contributed by atoms with Crippen LogP contribution in [0.4, 0.5) is 11.4 Å². The van der Waals surface area contributed by atoms with Crippen molar-refractivity contribution in [3.05, 3.63) is 48.8 Å². The second kappa shape index (κ2) is 7.08. The zero-order valence-corrected chi connectivity index (χ0v) is 16.2. The molecular formula is C19H18N6O2S. The highest BCUT2D eigenvalue weighted by atomic mass is 32.2. The van der Waals surface area contributed by atoms with Gasteiger partial charge in [0, 0.05) is 18.0 Å². The molecule has 3 heterocycles. The molecule has 1 aliphatic heterocycles. The Morgan fingerprint density at radius 2 is 1.93 bits per heavy atom. The standard InChI is InChI=1S/C19H18N6O2S/c1-19(2)17(27)21-13-5-3-4-6-14(13)25(19)15(26)11-28-18-22-16(23-24-18)12-7-9-20-10-8-12/h3-10H,11H2,1-2H3,(H,21,27)(H,22,23,24). The SMILES string of the molecule is CC1(C)C(=O)Nc2ccccc2N1C(=O)CSc1n[nH]c(-c2ccncc2)n1. The van der Waals surface area contributed by atoms with E-state index < -0.39 is 5.54 Å². The molecule has 2 amide bonds. The average molecular weight is 394 g/mol. The first-order valence-electron chi connectivity index (χ1n) is 8.66. The third-order valence-corrected chi connectivity index (χ3v) is 5.33. The number of hydrogen-bond acceptors (Lipinski definition) is 6. The minimum Gasteiger partial charge on any atom is -0.322 e. The highest BCUT2D eigenvalue weighted by molar-refractivity contribution is 7.99. The van der Waals surface area contributed by atoms with Crippen molar-refractivity contribution in [1.82, 2.24) is 20.2 Å². The number of H-pyrrole nitrogens is 1. The predicted molar refractivity (Wildman–Crippen MR) is 107 cm³/mol. The number of para-hydroxylation sites is 2. The predicted octanol–water partition coefficient (Wildman–Crippen LogP) is 2.72. The Kier molecular flexibility index (Phi) is 4.60. The maximum absolute atomic E-state index is 13.0. The van der Waals surface area contributed by atoms with E-state index in [-0.39, 0.29) is 17.6 Å². The number of amides is 2. The van der Waals surface area contributed by atoms with Gasteiger partial charge in [-0.2, -0.15) is 0 Å². The molecule has 3 aromatic rings. The van der Waals surface area contributed by atoms with Gasteiger partial charge in [-0.3, -0.25) is 24.6 Å². The van der Waals surface area contributed by atoms with E-state index in [0.717, 1.165) is 5.56 Å². The minimum atomic E-state index is -0.993. The van der Waals surface area contributed by atoms with Crippen LogP contribution >= 0.6 is 11.8 Å². The van der Waals surface area contributed by atoms with Gasteiger partial charge in [-0.25, -0.2) is 4.98 Å². The van der Waals surface area contributed by atoms with Crippen LogP contribution in [0.2, 0.25) is 0 Å². The highest BCUT2D eigenvalue weighted by Crippen LogP contribution is 2.37. The summed E-state index contributed by atoms with van der Waals surface area (Å²) >= 11 is 1.22. The van der Waals surface area contributed by atoms with Gasteiger partial charge in [0.15, 0.2) is 5.82 Å². The average Bonchev–Trinajstić information content (AvgIpc) is 3.17. The van der Waals surface area contributed by atoms with E-state index >= 15 is 0 Å². The van der Waals surface area contributed by atoms with Crippen LogP contribution in [0.5, 0.6) is 0 Å². The summed E-state index contributed by atoms with van der Waals surface area (Å²) in [5.74, 6) is 0.314. The van der Waals surface area contributed by atoms with Crippen LogP contribution in [-0.2, 0) is 9.59 Å². The van der Waals surface area contributed by atoms with Crippen molar-refractivity contribution < 1.29 is 9.59 Å². The highest BCUT2D eigenvalue weighted by Gasteiger charge is 2.43. The molecule has 0 bridgehead atoms. The van der Waals surface area contributed by atoms with Gasteiger partial charge >= 0.3 is 0 Å². The molecule has 28 heavy (non-hydrogen) atoms. The van der Waals surface area contributed by atoms with E-state index in [0.29, 0.717) is 22.4 Å². The third-order valence-electron chi connectivity index (χ3n) is 4.50. The molecule has 0 fully saturated rings. The van der Waals surface area contributed by atoms with E-state index in [1.165, 1.54) is 11.8 Å². The number of benzene rings is 1. The summed E-state index contributed by atoms with van der Waals surface area (Å²) in [7, 11) is 0. The Morgan fingerprint density at radius 3 is 2.71 bits per heavy atom. The van der Waals surface area contributed by atoms with E-state index in [9.17, 15) is 9.59 Å². The largest absolute Gasteiger partial charge is 0.322 e. The number of aromatic nitrogens is 4. The zero-order valence-electron chi connectivity index (χ0n) is 15.3. The van der Waals surface area contributed by atoms with Crippen molar-refractivity contribution in [1.29, 1.82) is 0 Å². The number of anilines is 2. The number of carbonyl (C=O) groups excluding carboxylic acids is 2. The van der Waals surface area contributed by atoms with Gasteiger partial charge in [-0.05, 0) is 38.1 Å². The molecule has 0 spiro atoms. The van der Waals surface area contributed by atoms with E-state index in [4.69, 9.17) is 0 Å². The minimum absolute atomic E-state index is 0.110. The van der Waals surface area contributed by atoms with Crippen LogP contribution in [0.1, 0.15) is 13.8 Å². The zero-order chi connectivity index (χ0) is 19.7. The van der Waals surface area contributed by atoms with Crippen LogP contribution < -0.4 is 10.2 Å². The molecule has 2 aromatic heterocycles. The van der Waals surface area contributed by atoms with Gasteiger partial charge in [-0.1, -0.05) is 23.9 Å². The maximum atomic E-state index is 13.0.